The van der Waals surface area contributed by atoms with Crippen molar-refractivity contribution in [2.24, 2.45) is 0 Å². The first kappa shape index (κ1) is 9.75. The zero-order valence-corrected chi connectivity index (χ0v) is 8.09. The van der Waals surface area contributed by atoms with Crippen LogP contribution in [0.3, 0.4) is 0 Å². The maximum absolute atomic E-state index is 9.67. The van der Waals surface area contributed by atoms with Crippen molar-refractivity contribution < 1.29 is 10.2 Å². The number of aliphatic hydroxyl groups is 2. The highest BCUT2D eigenvalue weighted by Gasteiger charge is 2.34. The quantitative estimate of drug-likeness (QED) is 0.542. The van der Waals surface area contributed by atoms with Crippen molar-refractivity contribution >= 4 is 0 Å². The van der Waals surface area contributed by atoms with E-state index >= 15 is 0 Å². The molecule has 2 nitrogen and oxygen atoms in total. The van der Waals surface area contributed by atoms with Crippen LogP contribution in [0.1, 0.15) is 40.0 Å². The molecular formula is C10H18O2. The summed E-state index contributed by atoms with van der Waals surface area (Å²) in [6, 6.07) is 0. The summed E-state index contributed by atoms with van der Waals surface area (Å²) in [6.45, 7) is 5.82. The zero-order chi connectivity index (χ0) is 9.35. The van der Waals surface area contributed by atoms with E-state index in [2.05, 4.69) is 13.8 Å². The molecular weight excluding hydrogens is 152 g/mol. The highest BCUT2D eigenvalue weighted by atomic mass is 16.3. The maximum atomic E-state index is 9.67. The molecule has 0 radical (unpaired) electrons. The van der Waals surface area contributed by atoms with Gasteiger partial charge in [-0.3, -0.25) is 0 Å². The molecule has 2 heteroatoms. The second-order valence-electron chi connectivity index (χ2n) is 4.18. The first-order valence-electron chi connectivity index (χ1n) is 4.49. The van der Waals surface area contributed by atoms with Gasteiger partial charge in [-0.2, -0.15) is 0 Å². The van der Waals surface area contributed by atoms with E-state index in [1.165, 1.54) is 11.1 Å². The lowest BCUT2D eigenvalue weighted by Crippen LogP contribution is -2.42. The van der Waals surface area contributed by atoms with E-state index in [4.69, 9.17) is 0 Å². The van der Waals surface area contributed by atoms with Gasteiger partial charge in [0.2, 0.25) is 0 Å². The normalized spacial score (nSPS) is 36.8. The van der Waals surface area contributed by atoms with Crippen LogP contribution in [0.5, 0.6) is 0 Å². The van der Waals surface area contributed by atoms with Crippen LogP contribution in [-0.2, 0) is 0 Å². The van der Waals surface area contributed by atoms with Crippen LogP contribution in [0.15, 0.2) is 11.1 Å². The van der Waals surface area contributed by atoms with Gasteiger partial charge >= 0.3 is 0 Å². The molecule has 2 N–H and O–H groups in total. The average molecular weight is 170 g/mol. The summed E-state index contributed by atoms with van der Waals surface area (Å²) in [6.07, 6.45) is 1.65. The lowest BCUT2D eigenvalue weighted by atomic mass is 9.80. The van der Waals surface area contributed by atoms with Crippen LogP contribution < -0.4 is 0 Å². The Labute approximate surface area is 73.9 Å². The Kier molecular flexibility index (Phi) is 2.59. The molecule has 0 aromatic carbocycles. The zero-order valence-electron chi connectivity index (χ0n) is 8.09. The minimum absolute atomic E-state index is 0.587. The molecule has 1 fully saturated rings. The van der Waals surface area contributed by atoms with E-state index < -0.39 is 11.7 Å². The monoisotopic (exact) mass is 170 g/mol. The third-order valence-electron chi connectivity index (χ3n) is 2.80. The Hall–Kier alpha value is -0.340. The van der Waals surface area contributed by atoms with Gasteiger partial charge in [0.1, 0.15) is 0 Å². The lowest BCUT2D eigenvalue weighted by molar-refractivity contribution is -0.0761. The van der Waals surface area contributed by atoms with Gasteiger partial charge in [0.05, 0.1) is 11.7 Å². The topological polar surface area (TPSA) is 40.5 Å². The van der Waals surface area contributed by atoms with Crippen molar-refractivity contribution in [1.82, 2.24) is 0 Å². The molecule has 0 saturated heterocycles. The highest BCUT2D eigenvalue weighted by Crippen LogP contribution is 2.32. The number of rotatable bonds is 0. The second-order valence-corrected chi connectivity index (χ2v) is 4.18. The summed E-state index contributed by atoms with van der Waals surface area (Å²) in [5.74, 6) is 0. The van der Waals surface area contributed by atoms with Crippen molar-refractivity contribution in [1.29, 1.82) is 0 Å². The molecule has 2 unspecified atom stereocenters. The van der Waals surface area contributed by atoms with Crippen LogP contribution in [-0.4, -0.2) is 21.9 Å². The maximum Gasteiger partial charge on any atom is 0.0883 e. The van der Waals surface area contributed by atoms with Crippen molar-refractivity contribution in [3.63, 3.8) is 0 Å². The largest absolute Gasteiger partial charge is 0.390 e. The Bertz CT molecular complexity index is 200. The van der Waals surface area contributed by atoms with Crippen molar-refractivity contribution in [2.45, 2.75) is 51.7 Å². The van der Waals surface area contributed by atoms with Gasteiger partial charge < -0.3 is 10.2 Å². The first-order chi connectivity index (χ1) is 5.43. The number of hydrogen-bond donors (Lipinski definition) is 2. The van der Waals surface area contributed by atoms with E-state index in [0.29, 0.717) is 12.8 Å². The SMILES string of the molecule is CC(C)=C1CCC(C)(O)C(O)C1. The van der Waals surface area contributed by atoms with Gasteiger partial charge in [0, 0.05) is 0 Å². The molecule has 1 saturated carbocycles. The molecule has 2 atom stereocenters. The molecule has 0 heterocycles. The molecule has 0 amide bonds. The fourth-order valence-corrected chi connectivity index (χ4v) is 1.58. The standard InChI is InChI=1S/C10H18O2/c1-7(2)8-4-5-10(3,12)9(11)6-8/h9,11-12H,4-6H2,1-3H3. The van der Waals surface area contributed by atoms with Crippen LogP contribution in [0.4, 0.5) is 0 Å². The molecule has 0 bridgehead atoms. The molecule has 0 aromatic heterocycles. The minimum atomic E-state index is -0.876. The van der Waals surface area contributed by atoms with E-state index in [1.807, 2.05) is 0 Å². The first-order valence-corrected chi connectivity index (χ1v) is 4.49. The molecule has 1 rings (SSSR count). The highest BCUT2D eigenvalue weighted by molar-refractivity contribution is 5.16. The Balaban J connectivity index is 2.71. The summed E-state index contributed by atoms with van der Waals surface area (Å²) >= 11 is 0. The Morgan fingerprint density at radius 3 is 2.50 bits per heavy atom. The molecule has 0 aromatic rings. The summed E-state index contributed by atoms with van der Waals surface area (Å²) in [5.41, 5.74) is 1.71. The van der Waals surface area contributed by atoms with Crippen LogP contribution in [0, 0.1) is 0 Å². The number of aliphatic hydroxyl groups excluding tert-OH is 1. The summed E-state index contributed by atoms with van der Waals surface area (Å²) in [7, 11) is 0. The van der Waals surface area contributed by atoms with Gasteiger partial charge in [-0.25, -0.2) is 0 Å². The van der Waals surface area contributed by atoms with Crippen LogP contribution in [0.25, 0.3) is 0 Å². The summed E-state index contributed by atoms with van der Waals surface area (Å²) in [5, 5.41) is 19.2. The number of hydrogen-bond acceptors (Lipinski definition) is 2. The predicted octanol–water partition coefficient (Wildman–Crippen LogP) is 1.62. The predicted molar refractivity (Wildman–Crippen MR) is 48.9 cm³/mol. The molecule has 70 valence electrons. The van der Waals surface area contributed by atoms with Gasteiger partial charge in [-0.15, -0.1) is 0 Å². The third-order valence-corrected chi connectivity index (χ3v) is 2.80. The number of allylic oxidation sites excluding steroid dienone is 1. The Morgan fingerprint density at radius 2 is 2.08 bits per heavy atom. The summed E-state index contributed by atoms with van der Waals surface area (Å²) < 4.78 is 0. The fourth-order valence-electron chi connectivity index (χ4n) is 1.58. The van der Waals surface area contributed by atoms with Crippen LogP contribution >= 0.6 is 0 Å². The Morgan fingerprint density at radius 1 is 1.50 bits per heavy atom. The molecule has 0 spiro atoms. The lowest BCUT2D eigenvalue weighted by Gasteiger charge is -2.35. The van der Waals surface area contributed by atoms with E-state index in [-0.39, 0.29) is 0 Å². The fraction of sp³-hybridized carbons (Fsp3) is 0.800. The van der Waals surface area contributed by atoms with Crippen molar-refractivity contribution in [3.05, 3.63) is 11.1 Å². The van der Waals surface area contributed by atoms with E-state index in [1.54, 1.807) is 6.92 Å². The average Bonchev–Trinajstić information content (AvgIpc) is 1.94. The van der Waals surface area contributed by atoms with Crippen molar-refractivity contribution in [2.75, 3.05) is 0 Å². The minimum Gasteiger partial charge on any atom is -0.390 e. The van der Waals surface area contributed by atoms with Gasteiger partial charge in [-0.05, 0) is 40.0 Å². The smallest absolute Gasteiger partial charge is 0.0883 e. The molecule has 1 aliphatic carbocycles. The second kappa shape index (κ2) is 3.19. The van der Waals surface area contributed by atoms with E-state index in [9.17, 15) is 10.2 Å². The molecule has 12 heavy (non-hydrogen) atoms. The van der Waals surface area contributed by atoms with Crippen LogP contribution in [0.2, 0.25) is 0 Å². The van der Waals surface area contributed by atoms with Gasteiger partial charge in [0.25, 0.3) is 0 Å². The summed E-state index contributed by atoms with van der Waals surface area (Å²) in [4.78, 5) is 0. The molecule has 1 aliphatic rings. The van der Waals surface area contributed by atoms with Crippen molar-refractivity contribution in [3.8, 4) is 0 Å². The third kappa shape index (κ3) is 1.87. The van der Waals surface area contributed by atoms with Gasteiger partial charge in [0.15, 0.2) is 0 Å². The van der Waals surface area contributed by atoms with Gasteiger partial charge in [-0.1, -0.05) is 11.1 Å². The molecule has 0 aliphatic heterocycles. The van der Waals surface area contributed by atoms with E-state index in [0.717, 1.165) is 6.42 Å².